The minimum absolute atomic E-state index is 0.0580. The first-order chi connectivity index (χ1) is 6.59. The molecule has 1 aromatic heterocycles. The van der Waals surface area contributed by atoms with Crippen LogP contribution in [0.15, 0.2) is 12.4 Å². The van der Waals surface area contributed by atoms with Crippen molar-refractivity contribution in [2.75, 3.05) is 18.5 Å². The van der Waals surface area contributed by atoms with Crippen molar-refractivity contribution in [1.82, 2.24) is 9.97 Å². The van der Waals surface area contributed by atoms with E-state index in [0.717, 1.165) is 0 Å². The quantitative estimate of drug-likeness (QED) is 0.813. The lowest BCUT2D eigenvalue weighted by atomic mass is 10.4. The molecule has 0 amide bonds. The first-order valence-corrected chi connectivity index (χ1v) is 4.38. The van der Waals surface area contributed by atoms with Crippen LogP contribution in [0, 0.1) is 0 Å². The second kappa shape index (κ2) is 4.76. The fourth-order valence-corrected chi connectivity index (χ4v) is 0.964. The van der Waals surface area contributed by atoms with Crippen molar-refractivity contribution in [3.05, 3.63) is 17.4 Å². The van der Waals surface area contributed by atoms with Gasteiger partial charge in [-0.2, -0.15) is 0 Å². The summed E-state index contributed by atoms with van der Waals surface area (Å²) in [6.07, 6.45) is 3.00. The molecule has 0 radical (unpaired) electrons. The zero-order chi connectivity index (χ0) is 10.6. The smallest absolute Gasteiger partial charge is 0.305 e. The fraction of sp³-hybridized carbons (Fsp3) is 0.375. The van der Waals surface area contributed by atoms with Crippen LogP contribution >= 0.6 is 11.6 Å². The molecule has 0 unspecified atom stereocenters. The Labute approximate surface area is 86.3 Å². The van der Waals surface area contributed by atoms with E-state index in [-0.39, 0.29) is 6.42 Å². The van der Waals surface area contributed by atoms with E-state index in [4.69, 9.17) is 16.7 Å². The van der Waals surface area contributed by atoms with Gasteiger partial charge in [-0.1, -0.05) is 11.6 Å². The Morgan fingerprint density at radius 2 is 2.14 bits per heavy atom. The lowest BCUT2D eigenvalue weighted by Gasteiger charge is -2.14. The zero-order valence-corrected chi connectivity index (χ0v) is 8.40. The van der Waals surface area contributed by atoms with E-state index >= 15 is 0 Å². The molecule has 5 nitrogen and oxygen atoms in total. The molecule has 76 valence electrons. The van der Waals surface area contributed by atoms with Crippen LogP contribution in [0.4, 0.5) is 5.95 Å². The van der Waals surface area contributed by atoms with E-state index in [2.05, 4.69) is 9.97 Å². The van der Waals surface area contributed by atoms with Gasteiger partial charge in [0.15, 0.2) is 0 Å². The van der Waals surface area contributed by atoms with Gasteiger partial charge in [0.2, 0.25) is 5.95 Å². The number of carbonyl (C=O) groups is 1. The van der Waals surface area contributed by atoms with Crippen molar-refractivity contribution in [1.29, 1.82) is 0 Å². The van der Waals surface area contributed by atoms with Crippen LogP contribution in [0.25, 0.3) is 0 Å². The minimum Gasteiger partial charge on any atom is -0.481 e. The number of aliphatic carboxylic acids is 1. The number of halogens is 1. The number of nitrogens with zero attached hydrogens (tertiary/aromatic N) is 3. The fourth-order valence-electron chi connectivity index (χ4n) is 0.866. The molecule has 0 aliphatic heterocycles. The molecular formula is C8H10ClN3O2. The monoisotopic (exact) mass is 215 g/mol. The number of hydrogen-bond acceptors (Lipinski definition) is 4. The first kappa shape index (κ1) is 10.7. The SMILES string of the molecule is CN(CCC(=O)O)c1ncc(Cl)cn1. The van der Waals surface area contributed by atoms with Gasteiger partial charge in [-0.05, 0) is 0 Å². The minimum atomic E-state index is -0.842. The van der Waals surface area contributed by atoms with Gasteiger partial charge in [0.25, 0.3) is 0 Å². The maximum absolute atomic E-state index is 10.3. The van der Waals surface area contributed by atoms with Gasteiger partial charge >= 0.3 is 5.97 Å². The van der Waals surface area contributed by atoms with E-state index in [9.17, 15) is 4.79 Å². The number of carboxylic acid groups (broad SMARTS) is 1. The Hall–Kier alpha value is -1.36. The van der Waals surface area contributed by atoms with Gasteiger partial charge in [0.05, 0.1) is 23.8 Å². The van der Waals surface area contributed by atoms with E-state index in [0.29, 0.717) is 17.5 Å². The third kappa shape index (κ3) is 3.18. The molecule has 1 heterocycles. The first-order valence-electron chi connectivity index (χ1n) is 4.00. The highest BCUT2D eigenvalue weighted by Crippen LogP contribution is 2.08. The molecule has 1 rings (SSSR count). The van der Waals surface area contributed by atoms with Crippen LogP contribution in [0.5, 0.6) is 0 Å². The Balaban J connectivity index is 2.56. The maximum Gasteiger partial charge on any atom is 0.305 e. The van der Waals surface area contributed by atoms with E-state index in [1.165, 1.54) is 12.4 Å². The summed E-state index contributed by atoms with van der Waals surface area (Å²) in [5, 5.41) is 8.92. The van der Waals surface area contributed by atoms with Crippen LogP contribution in [0.3, 0.4) is 0 Å². The molecule has 0 aliphatic carbocycles. The van der Waals surface area contributed by atoms with Crippen LogP contribution in [0.1, 0.15) is 6.42 Å². The van der Waals surface area contributed by atoms with Crippen molar-refractivity contribution in [2.45, 2.75) is 6.42 Å². The maximum atomic E-state index is 10.3. The van der Waals surface area contributed by atoms with E-state index in [1.54, 1.807) is 11.9 Å². The van der Waals surface area contributed by atoms with Gasteiger partial charge in [0, 0.05) is 13.6 Å². The molecule has 0 atom stereocenters. The molecule has 0 saturated heterocycles. The molecule has 0 aliphatic rings. The molecule has 14 heavy (non-hydrogen) atoms. The summed E-state index contributed by atoms with van der Waals surface area (Å²) in [6.45, 7) is 0.372. The topological polar surface area (TPSA) is 66.3 Å². The average Bonchev–Trinajstić information content (AvgIpc) is 2.15. The summed E-state index contributed by atoms with van der Waals surface area (Å²) < 4.78 is 0. The molecule has 0 bridgehead atoms. The number of carboxylic acids is 1. The standard InChI is InChI=1S/C8H10ClN3O2/c1-12(3-2-7(13)14)8-10-4-6(9)5-11-8/h4-5H,2-3H2,1H3,(H,13,14). The highest BCUT2D eigenvalue weighted by atomic mass is 35.5. The van der Waals surface area contributed by atoms with Crippen LogP contribution in [0.2, 0.25) is 5.02 Å². The van der Waals surface area contributed by atoms with Gasteiger partial charge in [-0.15, -0.1) is 0 Å². The van der Waals surface area contributed by atoms with Gasteiger partial charge in [-0.25, -0.2) is 9.97 Å². The summed E-state index contributed by atoms with van der Waals surface area (Å²) >= 11 is 5.61. The Morgan fingerprint density at radius 1 is 1.57 bits per heavy atom. The molecule has 1 N–H and O–H groups in total. The third-order valence-corrected chi connectivity index (χ3v) is 1.80. The van der Waals surface area contributed by atoms with Crippen LogP contribution in [-0.2, 0) is 4.79 Å². The Bertz CT molecular complexity index is 315. The average molecular weight is 216 g/mol. The van der Waals surface area contributed by atoms with Gasteiger partial charge in [-0.3, -0.25) is 4.79 Å². The predicted molar refractivity (Wildman–Crippen MR) is 52.6 cm³/mol. The number of hydrogen-bond donors (Lipinski definition) is 1. The predicted octanol–water partition coefficient (Wildman–Crippen LogP) is 1.04. The number of rotatable bonds is 4. The highest BCUT2D eigenvalue weighted by Gasteiger charge is 2.05. The normalized spacial score (nSPS) is 9.86. The summed E-state index contributed by atoms with van der Waals surface area (Å²) in [5.74, 6) is -0.374. The third-order valence-electron chi connectivity index (χ3n) is 1.61. The summed E-state index contributed by atoms with van der Waals surface area (Å²) in [5.41, 5.74) is 0. The number of aromatic nitrogens is 2. The van der Waals surface area contributed by atoms with Gasteiger partial charge < -0.3 is 10.0 Å². The van der Waals surface area contributed by atoms with Gasteiger partial charge in [0.1, 0.15) is 0 Å². The summed E-state index contributed by atoms with van der Waals surface area (Å²) in [6, 6.07) is 0. The van der Waals surface area contributed by atoms with Crippen LogP contribution < -0.4 is 4.90 Å². The van der Waals surface area contributed by atoms with Crippen molar-refractivity contribution < 1.29 is 9.90 Å². The van der Waals surface area contributed by atoms with Crippen molar-refractivity contribution >= 4 is 23.5 Å². The van der Waals surface area contributed by atoms with Crippen molar-refractivity contribution in [3.8, 4) is 0 Å². The lowest BCUT2D eigenvalue weighted by molar-refractivity contribution is -0.136. The Morgan fingerprint density at radius 3 is 2.64 bits per heavy atom. The summed E-state index contributed by atoms with van der Waals surface area (Å²) in [4.78, 5) is 19.8. The van der Waals surface area contributed by atoms with E-state index < -0.39 is 5.97 Å². The molecular weight excluding hydrogens is 206 g/mol. The largest absolute Gasteiger partial charge is 0.481 e. The molecule has 0 fully saturated rings. The molecule has 0 spiro atoms. The van der Waals surface area contributed by atoms with Crippen LogP contribution in [-0.4, -0.2) is 34.6 Å². The second-order valence-corrected chi connectivity index (χ2v) is 3.20. The highest BCUT2D eigenvalue weighted by molar-refractivity contribution is 6.30. The van der Waals surface area contributed by atoms with Crippen molar-refractivity contribution in [2.24, 2.45) is 0 Å². The second-order valence-electron chi connectivity index (χ2n) is 2.77. The van der Waals surface area contributed by atoms with E-state index in [1.807, 2.05) is 0 Å². The molecule has 6 heteroatoms. The zero-order valence-electron chi connectivity index (χ0n) is 7.64. The van der Waals surface area contributed by atoms with Crippen molar-refractivity contribution in [3.63, 3.8) is 0 Å². The molecule has 1 aromatic rings. The number of anilines is 1. The molecule has 0 saturated carbocycles. The Kier molecular flexibility index (Phi) is 3.64. The lowest BCUT2D eigenvalue weighted by Crippen LogP contribution is -2.22. The molecule has 0 aromatic carbocycles. The summed E-state index contributed by atoms with van der Waals surface area (Å²) in [7, 11) is 1.73.